The van der Waals surface area contributed by atoms with Crippen LogP contribution in [0.5, 0.6) is 0 Å². The number of aliphatic hydroxyl groups excluding tert-OH is 1. The summed E-state index contributed by atoms with van der Waals surface area (Å²) in [6.45, 7) is 4.14. The van der Waals surface area contributed by atoms with Crippen molar-refractivity contribution in [2.75, 3.05) is 0 Å². The van der Waals surface area contributed by atoms with Crippen molar-refractivity contribution in [3.63, 3.8) is 0 Å². The van der Waals surface area contributed by atoms with E-state index in [9.17, 15) is 5.11 Å². The SMILES string of the molecule is CCC1=CCC(C)C(O)=C1. The first-order valence-corrected chi connectivity index (χ1v) is 3.83. The summed E-state index contributed by atoms with van der Waals surface area (Å²) >= 11 is 0. The molecule has 0 aromatic heterocycles. The summed E-state index contributed by atoms with van der Waals surface area (Å²) in [6, 6.07) is 0. The maximum absolute atomic E-state index is 9.30. The number of allylic oxidation sites excluding steroid dienone is 4. The minimum absolute atomic E-state index is 0.329. The number of hydrogen-bond acceptors (Lipinski definition) is 1. The average Bonchev–Trinajstić information content (AvgIpc) is 1.95. The summed E-state index contributed by atoms with van der Waals surface area (Å²) in [5.74, 6) is 0.870. The van der Waals surface area contributed by atoms with Gasteiger partial charge in [-0.05, 0) is 24.5 Å². The molecular weight excluding hydrogens is 124 g/mol. The lowest BCUT2D eigenvalue weighted by molar-refractivity contribution is 0.337. The van der Waals surface area contributed by atoms with E-state index in [2.05, 4.69) is 13.0 Å². The second kappa shape index (κ2) is 2.91. The zero-order valence-corrected chi connectivity index (χ0v) is 6.59. The fraction of sp³-hybridized carbons (Fsp3) is 0.556. The second-order valence-electron chi connectivity index (χ2n) is 2.84. The van der Waals surface area contributed by atoms with Crippen molar-refractivity contribution in [2.24, 2.45) is 5.92 Å². The molecule has 1 atom stereocenters. The van der Waals surface area contributed by atoms with Crippen LogP contribution >= 0.6 is 0 Å². The minimum Gasteiger partial charge on any atom is -0.512 e. The van der Waals surface area contributed by atoms with Crippen molar-refractivity contribution in [1.29, 1.82) is 0 Å². The quantitative estimate of drug-likeness (QED) is 0.590. The van der Waals surface area contributed by atoms with Crippen LogP contribution in [-0.2, 0) is 0 Å². The van der Waals surface area contributed by atoms with Crippen LogP contribution in [0.1, 0.15) is 26.7 Å². The molecule has 1 aliphatic rings. The highest BCUT2D eigenvalue weighted by Crippen LogP contribution is 2.22. The van der Waals surface area contributed by atoms with E-state index in [4.69, 9.17) is 0 Å². The van der Waals surface area contributed by atoms with Gasteiger partial charge in [-0.3, -0.25) is 0 Å². The van der Waals surface area contributed by atoms with E-state index in [0.29, 0.717) is 11.7 Å². The van der Waals surface area contributed by atoms with Crippen LogP contribution in [0.4, 0.5) is 0 Å². The van der Waals surface area contributed by atoms with Crippen molar-refractivity contribution in [2.45, 2.75) is 26.7 Å². The lowest BCUT2D eigenvalue weighted by Crippen LogP contribution is -2.02. The van der Waals surface area contributed by atoms with Gasteiger partial charge in [0, 0.05) is 5.92 Å². The van der Waals surface area contributed by atoms with Gasteiger partial charge in [-0.15, -0.1) is 0 Å². The Morgan fingerprint density at radius 3 is 2.90 bits per heavy atom. The molecule has 0 aliphatic heterocycles. The maximum atomic E-state index is 9.30. The fourth-order valence-electron chi connectivity index (χ4n) is 1.09. The Bertz CT molecular complexity index is 177. The van der Waals surface area contributed by atoms with E-state index in [0.717, 1.165) is 12.8 Å². The molecule has 0 saturated carbocycles. The van der Waals surface area contributed by atoms with Crippen LogP contribution in [0.3, 0.4) is 0 Å². The molecule has 1 N–H and O–H groups in total. The van der Waals surface area contributed by atoms with Gasteiger partial charge in [0.05, 0.1) is 5.76 Å². The molecule has 56 valence electrons. The first-order valence-electron chi connectivity index (χ1n) is 3.83. The van der Waals surface area contributed by atoms with E-state index < -0.39 is 0 Å². The smallest absolute Gasteiger partial charge is 0.0956 e. The first kappa shape index (κ1) is 7.39. The summed E-state index contributed by atoms with van der Waals surface area (Å²) in [5, 5.41) is 9.30. The molecule has 1 unspecified atom stereocenters. The van der Waals surface area contributed by atoms with E-state index in [1.54, 1.807) is 0 Å². The Hall–Kier alpha value is -0.720. The molecule has 0 fully saturated rings. The van der Waals surface area contributed by atoms with Crippen molar-refractivity contribution < 1.29 is 5.11 Å². The lowest BCUT2D eigenvalue weighted by atomic mass is 9.95. The first-order chi connectivity index (χ1) is 4.74. The van der Waals surface area contributed by atoms with Gasteiger partial charge in [-0.2, -0.15) is 0 Å². The molecule has 0 amide bonds. The van der Waals surface area contributed by atoms with Crippen LogP contribution in [0.15, 0.2) is 23.5 Å². The Labute approximate surface area is 62.1 Å². The van der Waals surface area contributed by atoms with Crippen molar-refractivity contribution >= 4 is 0 Å². The van der Waals surface area contributed by atoms with Crippen molar-refractivity contribution in [1.82, 2.24) is 0 Å². The molecule has 0 heterocycles. The predicted molar refractivity (Wildman–Crippen MR) is 42.9 cm³/mol. The van der Waals surface area contributed by atoms with Gasteiger partial charge < -0.3 is 5.11 Å². The maximum Gasteiger partial charge on any atom is 0.0956 e. The van der Waals surface area contributed by atoms with Gasteiger partial charge in [0.15, 0.2) is 0 Å². The molecule has 0 aromatic rings. The Morgan fingerprint density at radius 1 is 1.70 bits per heavy atom. The fourth-order valence-corrected chi connectivity index (χ4v) is 1.09. The highest BCUT2D eigenvalue weighted by molar-refractivity contribution is 5.25. The van der Waals surface area contributed by atoms with Crippen LogP contribution in [-0.4, -0.2) is 5.11 Å². The number of rotatable bonds is 1. The molecule has 0 bridgehead atoms. The summed E-state index contributed by atoms with van der Waals surface area (Å²) in [6.07, 6.45) is 6.10. The zero-order chi connectivity index (χ0) is 7.56. The molecule has 0 radical (unpaired) electrons. The third-order valence-corrected chi connectivity index (χ3v) is 1.98. The molecule has 0 aromatic carbocycles. The zero-order valence-electron chi connectivity index (χ0n) is 6.59. The van der Waals surface area contributed by atoms with Crippen molar-refractivity contribution in [3.05, 3.63) is 23.5 Å². The summed E-state index contributed by atoms with van der Waals surface area (Å²) in [7, 11) is 0. The van der Waals surface area contributed by atoms with E-state index in [1.807, 2.05) is 13.0 Å². The van der Waals surface area contributed by atoms with Crippen LogP contribution < -0.4 is 0 Å². The Kier molecular flexibility index (Phi) is 2.15. The van der Waals surface area contributed by atoms with Crippen LogP contribution in [0.25, 0.3) is 0 Å². The topological polar surface area (TPSA) is 20.2 Å². The van der Waals surface area contributed by atoms with Gasteiger partial charge >= 0.3 is 0 Å². The standard InChI is InChI=1S/C9H14O/c1-3-8-5-4-7(2)9(10)6-8/h5-7,10H,3-4H2,1-2H3. The van der Waals surface area contributed by atoms with Gasteiger partial charge in [0.25, 0.3) is 0 Å². The second-order valence-corrected chi connectivity index (χ2v) is 2.84. The third-order valence-electron chi connectivity index (χ3n) is 1.98. The summed E-state index contributed by atoms with van der Waals surface area (Å²) in [5.41, 5.74) is 1.26. The monoisotopic (exact) mass is 138 g/mol. The Balaban J connectivity index is 2.69. The molecule has 1 aliphatic carbocycles. The molecular formula is C9H14O. The number of hydrogen-bond donors (Lipinski definition) is 1. The largest absolute Gasteiger partial charge is 0.512 e. The highest BCUT2D eigenvalue weighted by atomic mass is 16.3. The number of aliphatic hydroxyl groups is 1. The predicted octanol–water partition coefficient (Wildman–Crippen LogP) is 2.80. The van der Waals surface area contributed by atoms with Crippen LogP contribution in [0, 0.1) is 5.92 Å². The van der Waals surface area contributed by atoms with Gasteiger partial charge in [0.1, 0.15) is 0 Å². The average molecular weight is 138 g/mol. The molecule has 1 heteroatoms. The van der Waals surface area contributed by atoms with Crippen LogP contribution in [0.2, 0.25) is 0 Å². The molecule has 1 nitrogen and oxygen atoms in total. The van der Waals surface area contributed by atoms with E-state index in [1.165, 1.54) is 5.57 Å². The highest BCUT2D eigenvalue weighted by Gasteiger charge is 2.10. The van der Waals surface area contributed by atoms with Gasteiger partial charge in [0.2, 0.25) is 0 Å². The molecule has 10 heavy (non-hydrogen) atoms. The minimum atomic E-state index is 0.329. The summed E-state index contributed by atoms with van der Waals surface area (Å²) < 4.78 is 0. The molecule has 0 spiro atoms. The normalized spacial score (nSPS) is 25.6. The van der Waals surface area contributed by atoms with Gasteiger partial charge in [-0.1, -0.05) is 19.9 Å². The third kappa shape index (κ3) is 1.41. The van der Waals surface area contributed by atoms with Crippen molar-refractivity contribution in [3.8, 4) is 0 Å². The lowest BCUT2D eigenvalue weighted by Gasteiger charge is -2.14. The molecule has 1 rings (SSSR count). The van der Waals surface area contributed by atoms with E-state index >= 15 is 0 Å². The summed E-state index contributed by atoms with van der Waals surface area (Å²) in [4.78, 5) is 0. The van der Waals surface area contributed by atoms with E-state index in [-0.39, 0.29) is 0 Å². The Morgan fingerprint density at radius 2 is 2.40 bits per heavy atom. The molecule has 0 saturated heterocycles. The van der Waals surface area contributed by atoms with Gasteiger partial charge in [-0.25, -0.2) is 0 Å².